The summed E-state index contributed by atoms with van der Waals surface area (Å²) >= 11 is 0. The lowest BCUT2D eigenvalue weighted by Crippen LogP contribution is -2.58. The van der Waals surface area contributed by atoms with E-state index >= 15 is 4.39 Å². The predicted molar refractivity (Wildman–Crippen MR) is 202 cm³/mol. The van der Waals surface area contributed by atoms with Crippen LogP contribution in [0.1, 0.15) is 89.0 Å². The zero-order valence-corrected chi connectivity index (χ0v) is 33.0. The summed E-state index contributed by atoms with van der Waals surface area (Å²) in [5, 5.41) is 9.92. The van der Waals surface area contributed by atoms with E-state index in [1.165, 1.54) is 27.8 Å². The van der Waals surface area contributed by atoms with Crippen molar-refractivity contribution < 1.29 is 45.9 Å². The van der Waals surface area contributed by atoms with Gasteiger partial charge in [-0.25, -0.2) is 22.2 Å². The van der Waals surface area contributed by atoms with Crippen molar-refractivity contribution in [2.24, 2.45) is 13.0 Å². The quantitative estimate of drug-likeness (QED) is 0.270. The average Bonchev–Trinajstić information content (AvgIpc) is 3.95. The van der Waals surface area contributed by atoms with Crippen LogP contribution in [0.5, 0.6) is 11.6 Å². The first-order valence-corrected chi connectivity index (χ1v) is 20.8. The number of allylic oxidation sites excluding steroid dienone is 1. The van der Waals surface area contributed by atoms with Crippen LogP contribution in [0.15, 0.2) is 42.6 Å². The van der Waals surface area contributed by atoms with Crippen molar-refractivity contribution in [1.82, 2.24) is 35.0 Å². The van der Waals surface area contributed by atoms with Crippen molar-refractivity contribution in [3.8, 4) is 11.6 Å². The fourth-order valence-electron chi connectivity index (χ4n) is 7.47. The highest BCUT2D eigenvalue weighted by molar-refractivity contribution is 7.91. The number of aryl methyl sites for hydroxylation is 1. The lowest BCUT2D eigenvalue weighted by Gasteiger charge is -2.30. The van der Waals surface area contributed by atoms with Gasteiger partial charge in [0.15, 0.2) is 11.6 Å². The van der Waals surface area contributed by atoms with Gasteiger partial charge < -0.3 is 25.0 Å². The molecule has 2 aliphatic carbocycles. The third-order valence-electron chi connectivity index (χ3n) is 11.2. The maximum Gasteiger partial charge on any atom is 0.272 e. The Balaban J connectivity index is 1.23. The molecule has 5 atom stereocenters. The van der Waals surface area contributed by atoms with Gasteiger partial charge in [0.05, 0.1) is 17.4 Å². The number of sulfonamides is 1. The number of hydrogen-bond acceptors (Lipinski definition) is 10. The summed E-state index contributed by atoms with van der Waals surface area (Å²) in [5.74, 6) is -5.55. The lowest BCUT2D eigenvalue weighted by molar-refractivity contribution is -0.141. The fourth-order valence-corrected chi connectivity index (χ4v) is 8.79. The molecule has 2 aliphatic heterocycles. The minimum Gasteiger partial charge on any atom is -0.488 e. The van der Waals surface area contributed by atoms with Gasteiger partial charge in [-0.05, 0) is 77.5 Å². The van der Waals surface area contributed by atoms with Crippen molar-refractivity contribution in [3.05, 3.63) is 59.9 Å². The molecule has 57 heavy (non-hydrogen) atoms. The second kappa shape index (κ2) is 15.3. The van der Waals surface area contributed by atoms with Crippen LogP contribution < -0.4 is 24.8 Å². The largest absolute Gasteiger partial charge is 0.488 e. The number of benzene rings is 1. The first-order chi connectivity index (χ1) is 27.0. The van der Waals surface area contributed by atoms with E-state index in [9.17, 15) is 32.0 Å². The molecule has 0 radical (unpaired) electrons. The molecule has 3 fully saturated rings. The summed E-state index contributed by atoms with van der Waals surface area (Å²) in [6.45, 7) is 4.85. The smallest absolute Gasteiger partial charge is 0.272 e. The third-order valence-corrected chi connectivity index (χ3v) is 13.3. The second-order valence-corrected chi connectivity index (χ2v) is 18.2. The Hall–Kier alpha value is -5.13. The Kier molecular flexibility index (Phi) is 10.8. The van der Waals surface area contributed by atoms with Gasteiger partial charge in [-0.1, -0.05) is 25.0 Å². The van der Waals surface area contributed by atoms with Crippen molar-refractivity contribution >= 4 is 44.6 Å². The summed E-state index contributed by atoms with van der Waals surface area (Å²) in [7, 11) is -2.39. The van der Waals surface area contributed by atoms with Gasteiger partial charge in [0, 0.05) is 37.0 Å². The summed E-state index contributed by atoms with van der Waals surface area (Å²) < 4.78 is 70.5. The molecular formula is C39H47F2N7O8S. The highest BCUT2D eigenvalue weighted by Crippen LogP contribution is 2.47. The number of fused-ring (bicyclic) bond motifs is 3. The molecule has 4 aliphatic rings. The van der Waals surface area contributed by atoms with Gasteiger partial charge in [0.1, 0.15) is 40.7 Å². The molecule has 3 aromatic rings. The van der Waals surface area contributed by atoms with Crippen molar-refractivity contribution in [2.75, 3.05) is 6.54 Å². The van der Waals surface area contributed by atoms with Gasteiger partial charge in [-0.15, -0.1) is 0 Å². The number of ether oxygens (including phenoxy) is 2. The van der Waals surface area contributed by atoms with E-state index in [4.69, 9.17) is 9.47 Å². The van der Waals surface area contributed by atoms with Crippen LogP contribution in [0.4, 0.5) is 8.78 Å². The lowest BCUT2D eigenvalue weighted by atomic mass is 10.0. The maximum absolute atomic E-state index is 15.1. The second-order valence-electron chi connectivity index (χ2n) is 16.0. The molecule has 1 saturated heterocycles. The Morgan fingerprint density at radius 1 is 1.11 bits per heavy atom. The molecule has 4 heterocycles. The standard InChI is InChI=1S/C39H47F2N7O8S/c1-22(2)55-31-19-30(25-12-13-26(40)32(41)33(25)43-31)56-24-18-29-35(50)44-39(37(52)46-57(53,54)38(3)15-16-38)20-23(39)10-8-6-5-7-9-11-28(36(51)48(29)21-24)42-34(49)27-14-17-47(4)45-27/h8,10,12-14,17,19,22-24,28-29H,5-7,9,11,15-16,18,20-21H2,1-4H3,(H,42,49)(H,44,50)(H,46,52)/b10-8-/t23?,24-,28+,29+,39-/m1/s1. The van der Waals surface area contributed by atoms with Crippen LogP contribution in [0.2, 0.25) is 0 Å². The SMILES string of the molecule is CC(C)Oc1cc(O[C@@H]2C[C@H]3C(=O)N[C@]4(C(=O)NS(=O)(=O)C5(C)CC5)CC4/C=C\CCCCC[C@H](NC(=O)c4ccn(C)n4)C(=O)N3C2)c2ccc(F)c(F)c2n1. The number of nitrogens with zero attached hydrogens (tertiary/aromatic N) is 4. The zero-order valence-electron chi connectivity index (χ0n) is 32.2. The van der Waals surface area contributed by atoms with Gasteiger partial charge in [-0.2, -0.15) is 5.10 Å². The third kappa shape index (κ3) is 8.18. The van der Waals surface area contributed by atoms with E-state index < -0.39 is 79.7 Å². The molecule has 306 valence electrons. The average molecular weight is 812 g/mol. The number of pyridine rings is 1. The number of carbonyl (C=O) groups is 4. The normalized spacial score (nSPS) is 26.7. The number of halogens is 2. The highest BCUT2D eigenvalue weighted by atomic mass is 32.2. The zero-order chi connectivity index (χ0) is 40.9. The molecule has 2 aromatic heterocycles. The maximum atomic E-state index is 15.1. The number of rotatable bonds is 9. The van der Waals surface area contributed by atoms with Crippen molar-refractivity contribution in [2.45, 2.75) is 113 Å². The summed E-state index contributed by atoms with van der Waals surface area (Å²) in [6.07, 6.45) is 7.77. The Bertz CT molecular complexity index is 2240. The molecule has 3 N–H and O–H groups in total. The van der Waals surface area contributed by atoms with E-state index in [0.29, 0.717) is 32.1 Å². The molecular weight excluding hydrogens is 765 g/mol. The molecule has 2 saturated carbocycles. The van der Waals surface area contributed by atoms with Crippen LogP contribution in [0, 0.1) is 17.6 Å². The number of aromatic nitrogens is 3. The van der Waals surface area contributed by atoms with E-state index in [2.05, 4.69) is 25.4 Å². The molecule has 1 aromatic carbocycles. The van der Waals surface area contributed by atoms with E-state index in [1.54, 1.807) is 34.0 Å². The van der Waals surface area contributed by atoms with Crippen molar-refractivity contribution in [3.63, 3.8) is 0 Å². The Labute approximate surface area is 329 Å². The molecule has 15 nitrogen and oxygen atoms in total. The monoisotopic (exact) mass is 811 g/mol. The Morgan fingerprint density at radius 3 is 2.58 bits per heavy atom. The summed E-state index contributed by atoms with van der Waals surface area (Å²) in [6, 6.07) is 2.87. The fraction of sp³-hybridized carbons (Fsp3) is 0.538. The molecule has 0 bridgehead atoms. The van der Waals surface area contributed by atoms with Gasteiger partial charge in [-0.3, -0.25) is 28.6 Å². The first-order valence-electron chi connectivity index (χ1n) is 19.3. The number of hydrogen-bond donors (Lipinski definition) is 3. The number of amides is 4. The summed E-state index contributed by atoms with van der Waals surface area (Å²) in [5.41, 5.74) is -1.84. The number of nitrogens with one attached hydrogen (secondary N) is 3. The molecule has 7 rings (SSSR count). The molecule has 1 unspecified atom stereocenters. The van der Waals surface area contributed by atoms with Crippen LogP contribution in [0.3, 0.4) is 0 Å². The number of carbonyl (C=O) groups excluding carboxylic acids is 4. The van der Waals surface area contributed by atoms with Crippen LogP contribution >= 0.6 is 0 Å². The molecule has 18 heteroatoms. The predicted octanol–water partition coefficient (Wildman–Crippen LogP) is 3.57. The first kappa shape index (κ1) is 40.1. The van der Waals surface area contributed by atoms with Crippen LogP contribution in [-0.4, -0.2) is 92.8 Å². The van der Waals surface area contributed by atoms with Crippen molar-refractivity contribution in [1.29, 1.82) is 0 Å². The summed E-state index contributed by atoms with van der Waals surface area (Å²) in [4.78, 5) is 61.8. The highest BCUT2D eigenvalue weighted by Gasteiger charge is 2.63. The minimum atomic E-state index is -4.05. The van der Waals surface area contributed by atoms with E-state index in [1.807, 2.05) is 12.2 Å². The Morgan fingerprint density at radius 2 is 1.88 bits per heavy atom. The molecule has 0 spiro atoms. The van der Waals surface area contributed by atoms with E-state index in [-0.39, 0.29) is 60.1 Å². The van der Waals surface area contributed by atoms with Crippen LogP contribution in [-0.2, 0) is 31.5 Å². The van der Waals surface area contributed by atoms with Gasteiger partial charge >= 0.3 is 0 Å². The van der Waals surface area contributed by atoms with Gasteiger partial charge in [0.25, 0.3) is 11.8 Å². The topological polar surface area (TPSA) is 191 Å². The van der Waals surface area contributed by atoms with Crippen LogP contribution in [0.25, 0.3) is 10.9 Å². The van der Waals surface area contributed by atoms with Gasteiger partial charge in [0.2, 0.25) is 27.7 Å². The molecule has 4 amide bonds. The minimum absolute atomic E-state index is 0.0354. The van der Waals surface area contributed by atoms with E-state index in [0.717, 1.165) is 12.5 Å².